The molecule has 4 nitrogen and oxygen atoms in total. The number of halogens is 1. The van der Waals surface area contributed by atoms with Gasteiger partial charge in [0.1, 0.15) is 0 Å². The van der Waals surface area contributed by atoms with Crippen molar-refractivity contribution in [2.45, 2.75) is 13.5 Å². The van der Waals surface area contributed by atoms with Crippen molar-refractivity contribution in [1.82, 2.24) is 5.43 Å². The number of phenolic OH excluding ortho intramolecular Hbond substituents is 1. The SMILES string of the molecule is CCOc1cc(/C=N\NCc2ccc(Cl)cc2)ccc1O. The topological polar surface area (TPSA) is 53.8 Å². The smallest absolute Gasteiger partial charge is 0.161 e. The molecule has 110 valence electrons. The lowest BCUT2D eigenvalue weighted by Crippen LogP contribution is -2.05. The molecule has 0 saturated carbocycles. The van der Waals surface area contributed by atoms with Gasteiger partial charge < -0.3 is 15.3 Å². The highest BCUT2D eigenvalue weighted by Crippen LogP contribution is 2.26. The summed E-state index contributed by atoms with van der Waals surface area (Å²) in [6, 6.07) is 12.7. The number of ether oxygens (including phenoxy) is 1. The lowest BCUT2D eigenvalue weighted by molar-refractivity contribution is 0.318. The number of nitrogens with one attached hydrogen (secondary N) is 1. The van der Waals surface area contributed by atoms with Gasteiger partial charge in [0.25, 0.3) is 0 Å². The van der Waals surface area contributed by atoms with E-state index < -0.39 is 0 Å². The van der Waals surface area contributed by atoms with Gasteiger partial charge in [0.15, 0.2) is 11.5 Å². The van der Waals surface area contributed by atoms with Gasteiger partial charge in [0, 0.05) is 5.02 Å². The van der Waals surface area contributed by atoms with E-state index in [9.17, 15) is 5.11 Å². The highest BCUT2D eigenvalue weighted by Gasteiger charge is 2.01. The molecule has 0 radical (unpaired) electrons. The Labute approximate surface area is 129 Å². The van der Waals surface area contributed by atoms with Crippen molar-refractivity contribution in [3.63, 3.8) is 0 Å². The molecule has 21 heavy (non-hydrogen) atoms. The van der Waals surface area contributed by atoms with Gasteiger partial charge in [-0.25, -0.2) is 0 Å². The van der Waals surface area contributed by atoms with Gasteiger partial charge in [-0.05, 0) is 48.4 Å². The maximum absolute atomic E-state index is 9.61. The quantitative estimate of drug-likeness (QED) is 0.633. The number of benzene rings is 2. The Morgan fingerprint density at radius 2 is 2.00 bits per heavy atom. The zero-order valence-electron chi connectivity index (χ0n) is 11.7. The molecule has 0 bridgehead atoms. The minimum absolute atomic E-state index is 0.128. The van der Waals surface area contributed by atoms with Crippen molar-refractivity contribution < 1.29 is 9.84 Å². The number of nitrogens with zero attached hydrogens (tertiary/aromatic N) is 1. The second-order valence-electron chi connectivity index (χ2n) is 4.38. The monoisotopic (exact) mass is 304 g/mol. The Bertz CT molecular complexity index is 612. The predicted molar refractivity (Wildman–Crippen MR) is 85.2 cm³/mol. The van der Waals surface area contributed by atoms with Gasteiger partial charge >= 0.3 is 0 Å². The molecule has 0 spiro atoms. The molecule has 0 aliphatic rings. The summed E-state index contributed by atoms with van der Waals surface area (Å²) in [6.45, 7) is 2.99. The molecule has 0 atom stereocenters. The van der Waals surface area contributed by atoms with Crippen molar-refractivity contribution in [2.24, 2.45) is 5.10 Å². The van der Waals surface area contributed by atoms with Crippen LogP contribution in [0.4, 0.5) is 0 Å². The van der Waals surface area contributed by atoms with Crippen LogP contribution < -0.4 is 10.2 Å². The molecule has 5 heteroatoms. The third kappa shape index (κ3) is 4.68. The van der Waals surface area contributed by atoms with E-state index >= 15 is 0 Å². The first kappa shape index (κ1) is 15.2. The number of hydrogen-bond donors (Lipinski definition) is 2. The van der Waals surface area contributed by atoms with Crippen LogP contribution in [0.1, 0.15) is 18.1 Å². The van der Waals surface area contributed by atoms with E-state index in [4.69, 9.17) is 16.3 Å². The molecule has 0 unspecified atom stereocenters. The molecule has 0 aromatic heterocycles. The number of hydrogen-bond acceptors (Lipinski definition) is 4. The van der Waals surface area contributed by atoms with Crippen molar-refractivity contribution >= 4 is 17.8 Å². The summed E-state index contributed by atoms with van der Waals surface area (Å²) in [5.41, 5.74) is 4.90. The second kappa shape index (κ2) is 7.55. The second-order valence-corrected chi connectivity index (χ2v) is 4.82. The largest absolute Gasteiger partial charge is 0.504 e. The van der Waals surface area contributed by atoms with Crippen LogP contribution in [0.5, 0.6) is 11.5 Å². The van der Waals surface area contributed by atoms with Gasteiger partial charge in [-0.1, -0.05) is 23.7 Å². The van der Waals surface area contributed by atoms with E-state index in [1.807, 2.05) is 31.2 Å². The highest BCUT2D eigenvalue weighted by atomic mass is 35.5. The van der Waals surface area contributed by atoms with Gasteiger partial charge in [0.05, 0.1) is 19.4 Å². The molecule has 2 rings (SSSR count). The molecule has 0 heterocycles. The fourth-order valence-corrected chi connectivity index (χ4v) is 1.87. The molecule has 0 aliphatic heterocycles. The predicted octanol–water partition coefficient (Wildman–Crippen LogP) is 3.57. The van der Waals surface area contributed by atoms with Gasteiger partial charge in [-0.3, -0.25) is 0 Å². The van der Waals surface area contributed by atoms with Crippen molar-refractivity contribution in [2.75, 3.05) is 6.61 Å². The summed E-state index contributed by atoms with van der Waals surface area (Å²) < 4.78 is 5.32. The molecule has 2 aromatic rings. The fraction of sp³-hybridized carbons (Fsp3) is 0.188. The average Bonchev–Trinajstić information content (AvgIpc) is 2.49. The summed E-state index contributed by atoms with van der Waals surface area (Å²) in [5, 5.41) is 14.5. The van der Waals surface area contributed by atoms with E-state index in [0.717, 1.165) is 16.1 Å². The first-order chi connectivity index (χ1) is 10.2. The number of rotatable bonds is 6. The molecule has 2 N–H and O–H groups in total. The lowest BCUT2D eigenvalue weighted by atomic mass is 10.2. The van der Waals surface area contributed by atoms with Gasteiger partial charge in [0.2, 0.25) is 0 Å². The number of phenols is 1. The van der Waals surface area contributed by atoms with Crippen molar-refractivity contribution in [3.05, 3.63) is 58.6 Å². The zero-order valence-corrected chi connectivity index (χ0v) is 12.5. The summed E-state index contributed by atoms with van der Waals surface area (Å²) in [4.78, 5) is 0. The van der Waals surface area contributed by atoms with E-state index in [0.29, 0.717) is 18.9 Å². The molecule has 2 aromatic carbocycles. The van der Waals surface area contributed by atoms with E-state index in [1.54, 1.807) is 24.4 Å². The lowest BCUT2D eigenvalue weighted by Gasteiger charge is -2.06. The van der Waals surface area contributed by atoms with Crippen molar-refractivity contribution in [1.29, 1.82) is 0 Å². The minimum atomic E-state index is 0.128. The summed E-state index contributed by atoms with van der Waals surface area (Å²) in [6.07, 6.45) is 1.68. The first-order valence-electron chi connectivity index (χ1n) is 6.65. The highest BCUT2D eigenvalue weighted by molar-refractivity contribution is 6.30. The molecule has 0 aliphatic carbocycles. The van der Waals surface area contributed by atoms with Crippen LogP contribution in [0, 0.1) is 0 Å². The van der Waals surface area contributed by atoms with Gasteiger partial charge in [-0.2, -0.15) is 5.10 Å². The van der Waals surface area contributed by atoms with Crippen molar-refractivity contribution in [3.8, 4) is 11.5 Å². The minimum Gasteiger partial charge on any atom is -0.504 e. The van der Waals surface area contributed by atoms with Crippen LogP contribution in [0.25, 0.3) is 0 Å². The number of aromatic hydroxyl groups is 1. The van der Waals surface area contributed by atoms with E-state index in [-0.39, 0.29) is 5.75 Å². The molecule has 0 saturated heterocycles. The maximum Gasteiger partial charge on any atom is 0.161 e. The van der Waals surface area contributed by atoms with Crippen LogP contribution in [-0.2, 0) is 6.54 Å². The fourth-order valence-electron chi connectivity index (χ4n) is 1.74. The van der Waals surface area contributed by atoms with Gasteiger partial charge in [-0.15, -0.1) is 0 Å². The standard InChI is InChI=1S/C16H17ClN2O2/c1-2-21-16-9-13(5-8-15(16)20)11-19-18-10-12-3-6-14(17)7-4-12/h3-9,11,18,20H,2,10H2,1H3/b19-11-. The summed E-state index contributed by atoms with van der Waals surface area (Å²) >= 11 is 5.82. The van der Waals surface area contributed by atoms with E-state index in [1.165, 1.54) is 0 Å². The first-order valence-corrected chi connectivity index (χ1v) is 7.03. The third-order valence-electron chi connectivity index (χ3n) is 2.79. The Kier molecular flexibility index (Phi) is 5.46. The summed E-state index contributed by atoms with van der Waals surface area (Å²) in [5.74, 6) is 0.585. The average molecular weight is 305 g/mol. The Morgan fingerprint density at radius 3 is 2.71 bits per heavy atom. The molecular weight excluding hydrogens is 288 g/mol. The Morgan fingerprint density at radius 1 is 1.24 bits per heavy atom. The van der Waals surface area contributed by atoms with Crippen LogP contribution in [0.15, 0.2) is 47.6 Å². The Hall–Kier alpha value is -2.20. The van der Waals surface area contributed by atoms with Crippen LogP contribution in [0.2, 0.25) is 5.02 Å². The molecule has 0 amide bonds. The van der Waals surface area contributed by atoms with Crippen LogP contribution in [0.3, 0.4) is 0 Å². The van der Waals surface area contributed by atoms with E-state index in [2.05, 4.69) is 10.5 Å². The maximum atomic E-state index is 9.61. The Balaban J connectivity index is 1.92. The molecular formula is C16H17ClN2O2. The van der Waals surface area contributed by atoms with Crippen LogP contribution >= 0.6 is 11.6 Å². The summed E-state index contributed by atoms with van der Waals surface area (Å²) in [7, 11) is 0. The third-order valence-corrected chi connectivity index (χ3v) is 3.04. The molecule has 0 fully saturated rings. The normalized spacial score (nSPS) is 10.8. The number of hydrazone groups is 1. The zero-order chi connectivity index (χ0) is 15.1. The van der Waals surface area contributed by atoms with Crippen LogP contribution in [-0.4, -0.2) is 17.9 Å².